The lowest BCUT2D eigenvalue weighted by atomic mass is 10.3. The van der Waals surface area contributed by atoms with Crippen molar-refractivity contribution in [2.24, 2.45) is 0 Å². The predicted octanol–water partition coefficient (Wildman–Crippen LogP) is 1.25. The summed E-state index contributed by atoms with van der Waals surface area (Å²) < 4.78 is 12.5. The monoisotopic (exact) mass is 161 g/mol. The number of rotatable bonds is 1. The van der Waals surface area contributed by atoms with Crippen molar-refractivity contribution in [3.05, 3.63) is 34.0 Å². The molecule has 0 aliphatic rings. The van der Waals surface area contributed by atoms with Gasteiger partial charge in [0, 0.05) is 11.6 Å². The molecular weight excluding hydrogens is 157 g/mol. The molecule has 1 rings (SSSR count). The lowest BCUT2D eigenvalue weighted by Gasteiger charge is -1.93. The molecule has 1 aromatic rings. The molecule has 0 spiro atoms. The zero-order valence-electron chi connectivity index (χ0n) is 5.03. The summed E-state index contributed by atoms with van der Waals surface area (Å²) in [5.41, 5.74) is -0.146. The van der Waals surface area contributed by atoms with Crippen LogP contribution >= 0.6 is 11.6 Å². The normalized spacial score (nSPS) is 9.80. The van der Waals surface area contributed by atoms with E-state index in [0.29, 0.717) is 5.56 Å². The highest BCUT2D eigenvalue weighted by atomic mass is 35.5. The zero-order chi connectivity index (χ0) is 7.56. The summed E-state index contributed by atoms with van der Waals surface area (Å²) in [6.45, 7) is 0. The van der Waals surface area contributed by atoms with Gasteiger partial charge in [0.1, 0.15) is 0 Å². The first-order valence-electron chi connectivity index (χ1n) is 2.67. The summed E-state index contributed by atoms with van der Waals surface area (Å²) in [4.78, 5) is 12.4. The van der Waals surface area contributed by atoms with Crippen molar-refractivity contribution >= 4 is 11.6 Å². The first-order valence-corrected chi connectivity index (χ1v) is 3.21. The molecule has 0 atom stereocenters. The van der Waals surface area contributed by atoms with E-state index >= 15 is 0 Å². The molecule has 1 N–H and O–H groups in total. The van der Waals surface area contributed by atoms with Gasteiger partial charge in [0.15, 0.2) is 5.95 Å². The van der Waals surface area contributed by atoms with E-state index < -0.39 is 11.5 Å². The minimum absolute atomic E-state index is 0.0720. The summed E-state index contributed by atoms with van der Waals surface area (Å²) in [5, 5.41) is 0. The van der Waals surface area contributed by atoms with Crippen LogP contribution in [0.4, 0.5) is 4.39 Å². The highest BCUT2D eigenvalue weighted by Crippen LogP contribution is 2.03. The van der Waals surface area contributed by atoms with Gasteiger partial charge in [0.25, 0.3) is 0 Å². The third kappa shape index (κ3) is 1.36. The molecule has 0 radical (unpaired) electrons. The molecule has 0 fully saturated rings. The van der Waals surface area contributed by atoms with Crippen molar-refractivity contribution in [2.75, 3.05) is 0 Å². The molecule has 0 aliphatic heterocycles. The molecule has 4 heteroatoms. The number of aromatic nitrogens is 1. The Labute approximate surface area is 61.6 Å². The molecule has 54 valence electrons. The fourth-order valence-corrected chi connectivity index (χ4v) is 0.789. The van der Waals surface area contributed by atoms with Gasteiger partial charge in [-0.15, -0.1) is 11.6 Å². The molecule has 1 heterocycles. The Bertz CT molecular complexity index is 283. The summed E-state index contributed by atoms with van der Waals surface area (Å²) in [7, 11) is 0. The molecule has 10 heavy (non-hydrogen) atoms. The molecule has 0 aromatic carbocycles. The fourth-order valence-electron chi connectivity index (χ4n) is 0.583. The molecule has 0 saturated carbocycles. The van der Waals surface area contributed by atoms with Crippen molar-refractivity contribution in [2.45, 2.75) is 5.88 Å². The van der Waals surface area contributed by atoms with Crippen LogP contribution in [0.15, 0.2) is 16.9 Å². The van der Waals surface area contributed by atoms with E-state index in [2.05, 4.69) is 0 Å². The Morgan fingerprint density at radius 3 is 2.80 bits per heavy atom. The van der Waals surface area contributed by atoms with Gasteiger partial charge in [-0.05, 0) is 6.07 Å². The number of pyridine rings is 1. The molecule has 0 amide bonds. The van der Waals surface area contributed by atoms with Crippen LogP contribution in [0.25, 0.3) is 0 Å². The van der Waals surface area contributed by atoms with E-state index in [0.717, 1.165) is 0 Å². The standard InChI is InChI=1S/C6H5ClFNO/c7-3-4-1-2-5(10)9-6(4)8/h1-2H,3H2,(H,9,10). The van der Waals surface area contributed by atoms with Crippen molar-refractivity contribution in [3.63, 3.8) is 0 Å². The van der Waals surface area contributed by atoms with Crippen LogP contribution in [0.5, 0.6) is 0 Å². The number of H-pyrrole nitrogens is 1. The summed E-state index contributed by atoms with van der Waals surface area (Å²) in [6.07, 6.45) is 0. The predicted molar refractivity (Wildman–Crippen MR) is 36.6 cm³/mol. The third-order valence-electron chi connectivity index (χ3n) is 1.09. The molecule has 0 aliphatic carbocycles. The molecule has 0 unspecified atom stereocenters. The van der Waals surface area contributed by atoms with Gasteiger partial charge in [0.05, 0.1) is 5.88 Å². The Morgan fingerprint density at radius 2 is 2.30 bits per heavy atom. The number of hydrogen-bond acceptors (Lipinski definition) is 1. The first-order chi connectivity index (χ1) is 4.74. The van der Waals surface area contributed by atoms with Crippen LogP contribution < -0.4 is 5.56 Å². The topological polar surface area (TPSA) is 32.9 Å². The molecule has 0 bridgehead atoms. The van der Waals surface area contributed by atoms with Crippen molar-refractivity contribution < 1.29 is 4.39 Å². The van der Waals surface area contributed by atoms with Gasteiger partial charge in [-0.3, -0.25) is 9.78 Å². The largest absolute Gasteiger partial charge is 0.299 e. The Kier molecular flexibility index (Phi) is 2.06. The number of aromatic amines is 1. The van der Waals surface area contributed by atoms with Gasteiger partial charge < -0.3 is 0 Å². The van der Waals surface area contributed by atoms with Crippen molar-refractivity contribution in [3.8, 4) is 0 Å². The van der Waals surface area contributed by atoms with Gasteiger partial charge >= 0.3 is 0 Å². The highest BCUT2D eigenvalue weighted by Gasteiger charge is 1.98. The summed E-state index contributed by atoms with van der Waals surface area (Å²) >= 11 is 5.32. The third-order valence-corrected chi connectivity index (χ3v) is 1.38. The minimum Gasteiger partial charge on any atom is -0.299 e. The van der Waals surface area contributed by atoms with Crippen LogP contribution in [0.1, 0.15) is 5.56 Å². The van der Waals surface area contributed by atoms with Crippen LogP contribution in [-0.2, 0) is 5.88 Å². The van der Waals surface area contributed by atoms with Crippen molar-refractivity contribution in [1.29, 1.82) is 0 Å². The van der Waals surface area contributed by atoms with Crippen molar-refractivity contribution in [1.82, 2.24) is 4.98 Å². The number of nitrogens with one attached hydrogen (secondary N) is 1. The second kappa shape index (κ2) is 2.84. The van der Waals surface area contributed by atoms with E-state index in [1.807, 2.05) is 4.98 Å². The fraction of sp³-hybridized carbons (Fsp3) is 0.167. The SMILES string of the molecule is O=c1ccc(CCl)c(F)[nH]1. The lowest BCUT2D eigenvalue weighted by molar-refractivity contribution is 0.568. The second-order valence-corrected chi connectivity index (χ2v) is 2.06. The summed E-state index contributed by atoms with van der Waals surface area (Å²) in [5.74, 6) is -0.578. The highest BCUT2D eigenvalue weighted by molar-refractivity contribution is 6.17. The van der Waals surface area contributed by atoms with E-state index in [-0.39, 0.29) is 5.88 Å². The number of halogens is 2. The van der Waals surface area contributed by atoms with E-state index in [1.165, 1.54) is 12.1 Å². The average molecular weight is 162 g/mol. The number of alkyl halides is 1. The first kappa shape index (κ1) is 7.28. The van der Waals surface area contributed by atoms with E-state index in [9.17, 15) is 9.18 Å². The number of hydrogen-bond donors (Lipinski definition) is 1. The molecule has 1 aromatic heterocycles. The maximum atomic E-state index is 12.5. The molecular formula is C6H5ClFNO. The van der Waals surface area contributed by atoms with Gasteiger partial charge in [-0.2, -0.15) is 4.39 Å². The minimum atomic E-state index is -0.650. The van der Waals surface area contributed by atoms with Crippen LogP contribution in [0, 0.1) is 5.95 Å². The van der Waals surface area contributed by atoms with Gasteiger partial charge in [-0.25, -0.2) is 0 Å². The van der Waals surface area contributed by atoms with Gasteiger partial charge in [-0.1, -0.05) is 0 Å². The van der Waals surface area contributed by atoms with E-state index in [4.69, 9.17) is 11.6 Å². The van der Waals surface area contributed by atoms with Gasteiger partial charge in [0.2, 0.25) is 5.56 Å². The smallest absolute Gasteiger partial charge is 0.250 e. The van der Waals surface area contributed by atoms with E-state index in [1.54, 1.807) is 0 Å². The molecule has 0 saturated heterocycles. The quantitative estimate of drug-likeness (QED) is 0.488. The maximum Gasteiger partial charge on any atom is 0.250 e. The zero-order valence-corrected chi connectivity index (χ0v) is 5.78. The maximum absolute atomic E-state index is 12.5. The lowest BCUT2D eigenvalue weighted by Crippen LogP contribution is -2.07. The van der Waals surface area contributed by atoms with Crippen LogP contribution in [-0.4, -0.2) is 4.98 Å². The Hall–Kier alpha value is -0.830. The van der Waals surface area contributed by atoms with Crippen LogP contribution in [0.3, 0.4) is 0 Å². The Balaban J connectivity index is 3.19. The molecule has 2 nitrogen and oxygen atoms in total. The average Bonchev–Trinajstić information content (AvgIpc) is 1.88. The summed E-state index contributed by atoms with van der Waals surface area (Å²) in [6, 6.07) is 2.60. The van der Waals surface area contributed by atoms with Crippen LogP contribution in [0.2, 0.25) is 0 Å². The second-order valence-electron chi connectivity index (χ2n) is 1.80. The Morgan fingerprint density at radius 1 is 1.60 bits per heavy atom.